The van der Waals surface area contributed by atoms with E-state index in [9.17, 15) is 0 Å². The van der Waals surface area contributed by atoms with E-state index in [1.807, 2.05) is 0 Å². The Balaban J connectivity index is 2.24. The fraction of sp³-hybridized carbons (Fsp3) is 1.00. The standard InChI is InChI=1S/C12H25NO/c1-4-11-5-6-12(7-11)13-10(3)9(2)8-14/h9-14H,4-8H2,1-3H3. The van der Waals surface area contributed by atoms with Gasteiger partial charge in [0.2, 0.25) is 0 Å². The molecule has 1 rings (SSSR count). The van der Waals surface area contributed by atoms with Crippen LogP contribution in [0.5, 0.6) is 0 Å². The van der Waals surface area contributed by atoms with Crippen LogP contribution < -0.4 is 5.32 Å². The zero-order valence-electron chi connectivity index (χ0n) is 9.79. The zero-order chi connectivity index (χ0) is 10.6. The van der Waals surface area contributed by atoms with Crippen LogP contribution in [0, 0.1) is 11.8 Å². The van der Waals surface area contributed by atoms with E-state index in [1.165, 1.54) is 25.7 Å². The van der Waals surface area contributed by atoms with Crippen molar-refractivity contribution in [3.05, 3.63) is 0 Å². The van der Waals surface area contributed by atoms with Crippen molar-refractivity contribution in [2.75, 3.05) is 6.61 Å². The average molecular weight is 199 g/mol. The van der Waals surface area contributed by atoms with Crippen LogP contribution in [-0.2, 0) is 0 Å². The van der Waals surface area contributed by atoms with Gasteiger partial charge in [-0.15, -0.1) is 0 Å². The second-order valence-electron chi connectivity index (χ2n) is 4.90. The lowest BCUT2D eigenvalue weighted by atomic mass is 10.0. The maximum absolute atomic E-state index is 9.04. The minimum Gasteiger partial charge on any atom is -0.396 e. The molecule has 0 bridgehead atoms. The summed E-state index contributed by atoms with van der Waals surface area (Å²) >= 11 is 0. The van der Waals surface area contributed by atoms with Crippen LogP contribution in [-0.4, -0.2) is 23.8 Å². The Hall–Kier alpha value is -0.0800. The molecule has 0 aliphatic heterocycles. The lowest BCUT2D eigenvalue weighted by molar-refractivity contribution is 0.200. The molecule has 0 spiro atoms. The maximum Gasteiger partial charge on any atom is 0.0471 e. The van der Waals surface area contributed by atoms with Gasteiger partial charge in [-0.3, -0.25) is 0 Å². The third-order valence-corrected chi connectivity index (χ3v) is 3.76. The van der Waals surface area contributed by atoms with Crippen molar-refractivity contribution in [1.82, 2.24) is 5.32 Å². The molecule has 2 heteroatoms. The fourth-order valence-electron chi connectivity index (χ4n) is 2.29. The molecule has 0 heterocycles. The van der Waals surface area contributed by atoms with Gasteiger partial charge in [-0.25, -0.2) is 0 Å². The molecule has 0 aromatic carbocycles. The number of aliphatic hydroxyl groups excluding tert-OH is 1. The van der Waals surface area contributed by atoms with Crippen LogP contribution in [0.25, 0.3) is 0 Å². The summed E-state index contributed by atoms with van der Waals surface area (Å²) in [4.78, 5) is 0. The Labute approximate surface area is 88.1 Å². The van der Waals surface area contributed by atoms with Crippen molar-refractivity contribution >= 4 is 0 Å². The van der Waals surface area contributed by atoms with Crippen molar-refractivity contribution < 1.29 is 5.11 Å². The zero-order valence-corrected chi connectivity index (χ0v) is 9.79. The largest absolute Gasteiger partial charge is 0.396 e. The molecule has 0 aromatic heterocycles. The second-order valence-corrected chi connectivity index (χ2v) is 4.90. The smallest absolute Gasteiger partial charge is 0.0471 e. The molecular weight excluding hydrogens is 174 g/mol. The Morgan fingerprint density at radius 2 is 2.07 bits per heavy atom. The molecule has 0 saturated heterocycles. The minimum atomic E-state index is 0.290. The first-order valence-corrected chi connectivity index (χ1v) is 6.04. The van der Waals surface area contributed by atoms with E-state index in [0.29, 0.717) is 18.0 Å². The summed E-state index contributed by atoms with van der Waals surface area (Å²) < 4.78 is 0. The SMILES string of the molecule is CCC1CCC(NC(C)C(C)CO)C1. The second kappa shape index (κ2) is 5.72. The highest BCUT2D eigenvalue weighted by molar-refractivity contribution is 4.83. The Morgan fingerprint density at radius 1 is 1.36 bits per heavy atom. The summed E-state index contributed by atoms with van der Waals surface area (Å²) in [7, 11) is 0. The summed E-state index contributed by atoms with van der Waals surface area (Å²) in [5, 5.41) is 12.7. The lowest BCUT2D eigenvalue weighted by Crippen LogP contribution is -2.40. The molecule has 0 radical (unpaired) electrons. The number of nitrogens with one attached hydrogen (secondary N) is 1. The van der Waals surface area contributed by atoms with Crippen molar-refractivity contribution in [3.8, 4) is 0 Å². The van der Waals surface area contributed by atoms with Gasteiger partial charge in [0.05, 0.1) is 0 Å². The summed E-state index contributed by atoms with van der Waals surface area (Å²) in [6.07, 6.45) is 5.36. The molecule has 1 saturated carbocycles. The Kier molecular flexibility index (Phi) is 4.90. The van der Waals surface area contributed by atoms with Gasteiger partial charge in [0.1, 0.15) is 0 Å². The molecule has 14 heavy (non-hydrogen) atoms. The van der Waals surface area contributed by atoms with Gasteiger partial charge in [0, 0.05) is 18.7 Å². The van der Waals surface area contributed by atoms with E-state index in [2.05, 4.69) is 26.1 Å². The summed E-state index contributed by atoms with van der Waals surface area (Å²) in [6, 6.07) is 1.14. The molecule has 1 fully saturated rings. The number of hydrogen-bond acceptors (Lipinski definition) is 2. The average Bonchev–Trinajstić information content (AvgIpc) is 2.64. The van der Waals surface area contributed by atoms with Crippen LogP contribution in [0.2, 0.25) is 0 Å². The van der Waals surface area contributed by atoms with Crippen LogP contribution >= 0.6 is 0 Å². The van der Waals surface area contributed by atoms with E-state index < -0.39 is 0 Å². The third kappa shape index (κ3) is 3.25. The molecule has 4 unspecified atom stereocenters. The topological polar surface area (TPSA) is 32.3 Å². The molecule has 2 nitrogen and oxygen atoms in total. The van der Waals surface area contributed by atoms with Gasteiger partial charge in [0.15, 0.2) is 0 Å². The molecule has 0 amide bonds. The first-order chi connectivity index (χ1) is 6.67. The van der Waals surface area contributed by atoms with Crippen molar-refractivity contribution in [2.45, 2.75) is 58.5 Å². The van der Waals surface area contributed by atoms with E-state index in [1.54, 1.807) is 0 Å². The summed E-state index contributed by atoms with van der Waals surface area (Å²) in [5.41, 5.74) is 0. The number of aliphatic hydroxyl groups is 1. The van der Waals surface area contributed by atoms with E-state index in [-0.39, 0.29) is 6.61 Å². The highest BCUT2D eigenvalue weighted by atomic mass is 16.3. The van der Waals surface area contributed by atoms with Crippen molar-refractivity contribution in [3.63, 3.8) is 0 Å². The maximum atomic E-state index is 9.04. The van der Waals surface area contributed by atoms with Gasteiger partial charge >= 0.3 is 0 Å². The highest BCUT2D eigenvalue weighted by Crippen LogP contribution is 2.28. The Bertz CT molecular complexity index is 160. The van der Waals surface area contributed by atoms with E-state index >= 15 is 0 Å². The van der Waals surface area contributed by atoms with Crippen molar-refractivity contribution in [1.29, 1.82) is 0 Å². The minimum absolute atomic E-state index is 0.290. The summed E-state index contributed by atoms with van der Waals surface area (Å²) in [5.74, 6) is 1.31. The number of rotatable bonds is 5. The molecular formula is C12H25NO. The molecule has 0 aromatic rings. The fourth-order valence-corrected chi connectivity index (χ4v) is 2.29. The van der Waals surface area contributed by atoms with Gasteiger partial charge in [-0.2, -0.15) is 0 Å². The number of hydrogen-bond donors (Lipinski definition) is 2. The normalized spacial score (nSPS) is 31.7. The molecule has 84 valence electrons. The quantitative estimate of drug-likeness (QED) is 0.711. The van der Waals surface area contributed by atoms with Crippen LogP contribution in [0.4, 0.5) is 0 Å². The van der Waals surface area contributed by atoms with E-state index in [4.69, 9.17) is 5.11 Å². The van der Waals surface area contributed by atoms with Crippen LogP contribution in [0.15, 0.2) is 0 Å². The molecule has 2 N–H and O–H groups in total. The van der Waals surface area contributed by atoms with Gasteiger partial charge < -0.3 is 10.4 Å². The highest BCUT2D eigenvalue weighted by Gasteiger charge is 2.25. The summed E-state index contributed by atoms with van der Waals surface area (Å²) in [6.45, 7) is 6.86. The predicted octanol–water partition coefficient (Wildman–Crippen LogP) is 2.17. The van der Waals surface area contributed by atoms with Gasteiger partial charge in [-0.05, 0) is 38.0 Å². The monoisotopic (exact) mass is 199 g/mol. The van der Waals surface area contributed by atoms with Crippen molar-refractivity contribution in [2.24, 2.45) is 11.8 Å². The van der Waals surface area contributed by atoms with Gasteiger partial charge in [0.25, 0.3) is 0 Å². The van der Waals surface area contributed by atoms with E-state index in [0.717, 1.165) is 5.92 Å². The van der Waals surface area contributed by atoms with Crippen LogP contribution in [0.3, 0.4) is 0 Å². The predicted molar refractivity (Wildman–Crippen MR) is 60.3 cm³/mol. The first-order valence-electron chi connectivity index (χ1n) is 6.04. The van der Waals surface area contributed by atoms with Crippen LogP contribution in [0.1, 0.15) is 46.5 Å². The Morgan fingerprint density at radius 3 is 2.57 bits per heavy atom. The molecule has 1 aliphatic rings. The lowest BCUT2D eigenvalue weighted by Gasteiger charge is -2.23. The van der Waals surface area contributed by atoms with Gasteiger partial charge in [-0.1, -0.05) is 20.3 Å². The molecule has 1 aliphatic carbocycles. The first kappa shape index (κ1) is 12.0. The third-order valence-electron chi connectivity index (χ3n) is 3.76. The molecule has 4 atom stereocenters.